The fraction of sp³-hybridized carbons (Fsp3) is 0.250. The molecular formula is C24H25N7O2. The van der Waals surface area contributed by atoms with Gasteiger partial charge in [-0.05, 0) is 50.6 Å². The Hall–Kier alpha value is -3.98. The van der Waals surface area contributed by atoms with E-state index in [1.54, 1.807) is 18.3 Å². The summed E-state index contributed by atoms with van der Waals surface area (Å²) < 4.78 is 3.88. The van der Waals surface area contributed by atoms with Crippen LogP contribution < -0.4 is 16.4 Å². The monoisotopic (exact) mass is 443 g/mol. The Bertz CT molecular complexity index is 1370. The summed E-state index contributed by atoms with van der Waals surface area (Å²) in [4.78, 5) is 28.6. The Balaban J connectivity index is 1.39. The van der Waals surface area contributed by atoms with Gasteiger partial charge in [0.2, 0.25) is 5.91 Å². The standard InChI is InChI=1S/C24H25N7O2/c1-14-8-15(2)31(29-14)19-5-3-4-16(9-19)21-13-27-22-10-17(6-7-30(21)22)24(33)28-18-11-20(23(25)32)26-12-18/h3-10,13,18,20,26H,11-12H2,1-2H3,(H2,25,32)(H,28,33)/t18-,20+/m0/s1. The first-order chi connectivity index (χ1) is 15.9. The zero-order valence-electron chi connectivity index (χ0n) is 18.4. The lowest BCUT2D eigenvalue weighted by Crippen LogP contribution is -2.36. The van der Waals surface area contributed by atoms with E-state index in [9.17, 15) is 9.59 Å². The van der Waals surface area contributed by atoms with Gasteiger partial charge in [-0.25, -0.2) is 9.67 Å². The maximum Gasteiger partial charge on any atom is 0.251 e. The van der Waals surface area contributed by atoms with E-state index in [0.29, 0.717) is 24.2 Å². The third-order valence-electron chi connectivity index (χ3n) is 5.98. The van der Waals surface area contributed by atoms with Crippen molar-refractivity contribution in [3.63, 3.8) is 0 Å². The summed E-state index contributed by atoms with van der Waals surface area (Å²) in [6.07, 6.45) is 4.14. The van der Waals surface area contributed by atoms with Crippen LogP contribution >= 0.6 is 0 Å². The van der Waals surface area contributed by atoms with Crippen molar-refractivity contribution in [2.75, 3.05) is 6.54 Å². The number of imidazole rings is 1. The molecule has 9 heteroatoms. The highest BCUT2D eigenvalue weighted by molar-refractivity contribution is 5.95. The summed E-state index contributed by atoms with van der Waals surface area (Å²) >= 11 is 0. The van der Waals surface area contributed by atoms with Crippen molar-refractivity contribution < 1.29 is 9.59 Å². The SMILES string of the molecule is Cc1cc(C)n(-c2cccc(-c3cnc4cc(C(=O)N[C@@H]5CN[C@@H](C(N)=O)C5)ccn34)c2)n1. The Morgan fingerprint density at radius 2 is 2.03 bits per heavy atom. The van der Waals surface area contributed by atoms with Crippen molar-refractivity contribution in [1.29, 1.82) is 0 Å². The summed E-state index contributed by atoms with van der Waals surface area (Å²) in [6.45, 7) is 4.52. The third-order valence-corrected chi connectivity index (χ3v) is 5.98. The van der Waals surface area contributed by atoms with Crippen LogP contribution in [0.25, 0.3) is 22.6 Å². The largest absolute Gasteiger partial charge is 0.368 e. The molecule has 1 aliphatic heterocycles. The van der Waals surface area contributed by atoms with Gasteiger partial charge in [-0.3, -0.25) is 14.0 Å². The minimum Gasteiger partial charge on any atom is -0.368 e. The maximum atomic E-state index is 12.7. The molecule has 0 aliphatic carbocycles. The number of nitrogens with zero attached hydrogens (tertiary/aromatic N) is 4. The number of carbonyl (C=O) groups is 2. The Morgan fingerprint density at radius 3 is 2.76 bits per heavy atom. The van der Waals surface area contributed by atoms with E-state index >= 15 is 0 Å². The van der Waals surface area contributed by atoms with Crippen LogP contribution in [0.4, 0.5) is 0 Å². The summed E-state index contributed by atoms with van der Waals surface area (Å²) in [7, 11) is 0. The van der Waals surface area contributed by atoms with Crippen LogP contribution in [0, 0.1) is 13.8 Å². The first kappa shape index (κ1) is 20.9. The smallest absolute Gasteiger partial charge is 0.251 e. The van der Waals surface area contributed by atoms with Crippen LogP contribution in [-0.4, -0.2) is 49.6 Å². The van der Waals surface area contributed by atoms with E-state index < -0.39 is 11.9 Å². The molecule has 0 saturated carbocycles. The van der Waals surface area contributed by atoms with E-state index in [1.165, 1.54) is 0 Å². The highest BCUT2D eigenvalue weighted by Crippen LogP contribution is 2.24. The molecular weight excluding hydrogens is 418 g/mol. The van der Waals surface area contributed by atoms with Crippen LogP contribution in [0.15, 0.2) is 54.9 Å². The van der Waals surface area contributed by atoms with Crippen molar-refractivity contribution in [2.45, 2.75) is 32.4 Å². The molecule has 4 N–H and O–H groups in total. The van der Waals surface area contributed by atoms with Gasteiger partial charge >= 0.3 is 0 Å². The highest BCUT2D eigenvalue weighted by atomic mass is 16.2. The van der Waals surface area contributed by atoms with Crippen molar-refractivity contribution in [2.24, 2.45) is 5.73 Å². The van der Waals surface area contributed by atoms with Crippen LogP contribution in [0.1, 0.15) is 28.2 Å². The molecule has 0 radical (unpaired) electrons. The molecule has 4 heterocycles. The number of benzene rings is 1. The number of amides is 2. The molecule has 168 valence electrons. The first-order valence-corrected chi connectivity index (χ1v) is 10.8. The average Bonchev–Trinajstić information content (AvgIpc) is 3.51. The fourth-order valence-electron chi connectivity index (χ4n) is 4.35. The van der Waals surface area contributed by atoms with Gasteiger partial charge in [0.05, 0.1) is 29.3 Å². The minimum atomic E-state index is -0.405. The highest BCUT2D eigenvalue weighted by Gasteiger charge is 2.29. The molecule has 1 aliphatic rings. The summed E-state index contributed by atoms with van der Waals surface area (Å²) in [5.41, 5.74) is 11.5. The lowest BCUT2D eigenvalue weighted by molar-refractivity contribution is -0.119. The van der Waals surface area contributed by atoms with Crippen molar-refractivity contribution in [3.8, 4) is 16.9 Å². The van der Waals surface area contributed by atoms with E-state index in [0.717, 1.165) is 28.3 Å². The zero-order valence-corrected chi connectivity index (χ0v) is 18.4. The number of aromatic nitrogens is 4. The lowest BCUT2D eigenvalue weighted by Gasteiger charge is -2.12. The van der Waals surface area contributed by atoms with Crippen LogP contribution in [0.5, 0.6) is 0 Å². The number of nitrogens with one attached hydrogen (secondary N) is 2. The molecule has 1 saturated heterocycles. The number of aryl methyl sites for hydroxylation is 2. The molecule has 0 bridgehead atoms. The number of nitrogens with two attached hydrogens (primary N) is 1. The van der Waals surface area contributed by atoms with Gasteiger partial charge in [0.15, 0.2) is 0 Å². The number of primary amides is 1. The summed E-state index contributed by atoms with van der Waals surface area (Å²) in [6, 6.07) is 13.2. The number of rotatable bonds is 5. The topological polar surface area (TPSA) is 119 Å². The summed E-state index contributed by atoms with van der Waals surface area (Å²) in [5.74, 6) is -0.606. The number of pyridine rings is 1. The predicted molar refractivity (Wildman–Crippen MR) is 124 cm³/mol. The van der Waals surface area contributed by atoms with E-state index in [-0.39, 0.29) is 11.9 Å². The van der Waals surface area contributed by atoms with Gasteiger partial charge in [-0.2, -0.15) is 5.10 Å². The molecule has 5 rings (SSSR count). The van der Waals surface area contributed by atoms with Gasteiger partial charge in [-0.1, -0.05) is 12.1 Å². The second kappa shape index (κ2) is 8.18. The Kier molecular flexibility index (Phi) is 5.18. The second-order valence-corrected chi connectivity index (χ2v) is 8.45. The number of carbonyl (C=O) groups excluding carboxylic acids is 2. The molecule has 2 atom stereocenters. The number of hydrogen-bond donors (Lipinski definition) is 3. The van der Waals surface area contributed by atoms with Crippen molar-refractivity contribution >= 4 is 17.5 Å². The van der Waals surface area contributed by atoms with E-state index in [1.807, 2.05) is 53.4 Å². The predicted octanol–water partition coefficient (Wildman–Crippen LogP) is 1.75. The molecule has 4 aromatic rings. The number of hydrogen-bond acceptors (Lipinski definition) is 5. The lowest BCUT2D eigenvalue weighted by atomic mass is 10.1. The molecule has 0 unspecified atom stereocenters. The summed E-state index contributed by atoms with van der Waals surface area (Å²) in [5, 5.41) is 10.6. The first-order valence-electron chi connectivity index (χ1n) is 10.8. The Morgan fingerprint density at radius 1 is 1.18 bits per heavy atom. The Labute approximate surface area is 190 Å². The normalized spacial score (nSPS) is 18.0. The quantitative estimate of drug-likeness (QED) is 0.434. The van der Waals surface area contributed by atoms with Crippen LogP contribution in [-0.2, 0) is 4.79 Å². The van der Waals surface area contributed by atoms with Gasteiger partial charge in [0.25, 0.3) is 5.91 Å². The van der Waals surface area contributed by atoms with Crippen molar-refractivity contribution in [1.82, 2.24) is 29.8 Å². The molecule has 9 nitrogen and oxygen atoms in total. The number of fused-ring (bicyclic) bond motifs is 1. The van der Waals surface area contributed by atoms with Gasteiger partial charge < -0.3 is 16.4 Å². The zero-order chi connectivity index (χ0) is 23.1. The molecule has 0 spiro atoms. The molecule has 3 aromatic heterocycles. The fourth-order valence-corrected chi connectivity index (χ4v) is 4.35. The minimum absolute atomic E-state index is 0.140. The van der Waals surface area contributed by atoms with Crippen LogP contribution in [0.3, 0.4) is 0 Å². The molecule has 1 fully saturated rings. The van der Waals surface area contributed by atoms with Gasteiger partial charge in [0.1, 0.15) is 5.65 Å². The third kappa shape index (κ3) is 3.98. The van der Waals surface area contributed by atoms with E-state index in [2.05, 4.69) is 26.8 Å². The van der Waals surface area contributed by atoms with Gasteiger partial charge in [-0.15, -0.1) is 0 Å². The van der Waals surface area contributed by atoms with Crippen molar-refractivity contribution in [3.05, 3.63) is 71.8 Å². The molecule has 33 heavy (non-hydrogen) atoms. The van der Waals surface area contributed by atoms with E-state index in [4.69, 9.17) is 5.73 Å². The molecule has 2 amide bonds. The molecule has 1 aromatic carbocycles. The van der Waals surface area contributed by atoms with Gasteiger partial charge in [0, 0.05) is 35.6 Å². The van der Waals surface area contributed by atoms with Crippen LogP contribution in [0.2, 0.25) is 0 Å². The second-order valence-electron chi connectivity index (χ2n) is 8.45. The maximum absolute atomic E-state index is 12.7. The average molecular weight is 444 g/mol.